The van der Waals surface area contributed by atoms with Gasteiger partial charge in [0.25, 0.3) is 0 Å². The molecule has 0 aliphatic carbocycles. The summed E-state index contributed by atoms with van der Waals surface area (Å²) in [7, 11) is 2.14. The topological polar surface area (TPSA) is 27.7 Å². The summed E-state index contributed by atoms with van der Waals surface area (Å²) < 4.78 is 14.5. The maximum absolute atomic E-state index is 4.82. The molecule has 0 unspecified atom stereocenters. The van der Waals surface area contributed by atoms with E-state index in [9.17, 15) is 0 Å². The Bertz CT molecular complexity index is 58.6. The Morgan fingerprint density at radius 3 is 1.22 bits per heavy atom. The van der Waals surface area contributed by atoms with Crippen LogP contribution in [0.1, 0.15) is 0 Å². The van der Waals surface area contributed by atoms with Gasteiger partial charge in [-0.25, -0.2) is 0 Å². The van der Waals surface area contributed by atoms with Gasteiger partial charge in [-0.05, 0) is 0 Å². The molecular weight excluding hydrogens is 319 g/mol. The van der Waals surface area contributed by atoms with Gasteiger partial charge in [0.2, 0.25) is 0 Å². The molecule has 0 amide bonds. The zero-order chi connectivity index (χ0) is 6.62. The summed E-state index contributed by atoms with van der Waals surface area (Å²) in [6, 6.07) is 0. The Balaban J connectivity index is 0. The van der Waals surface area contributed by atoms with Crippen LogP contribution in [0.15, 0.2) is 0 Å². The van der Waals surface area contributed by atoms with Crippen LogP contribution in [-0.4, -0.2) is 30.1 Å². The fourth-order valence-electron chi connectivity index (χ4n) is 0.250. The molecule has 0 aliphatic heterocycles. The van der Waals surface area contributed by atoms with Crippen LogP contribution in [0.3, 0.4) is 0 Å². The average Bonchev–Trinajstić information content (AvgIpc) is 1.87. The predicted octanol–water partition coefficient (Wildman–Crippen LogP) is 0.235. The van der Waals surface area contributed by atoms with Gasteiger partial charge in [-0.2, -0.15) is 0 Å². The summed E-state index contributed by atoms with van der Waals surface area (Å²) in [6.45, 7) is 3.60. The molecular formula is C4H11O3PtSi+3. The maximum Gasteiger partial charge on any atom is 4.00 e. The van der Waals surface area contributed by atoms with Crippen molar-refractivity contribution in [2.45, 2.75) is 0 Å². The van der Waals surface area contributed by atoms with Gasteiger partial charge in [-0.15, -0.1) is 0 Å². The molecule has 56 valence electrons. The minimum absolute atomic E-state index is 0. The summed E-state index contributed by atoms with van der Waals surface area (Å²) >= 11 is 0. The standard InChI is InChI=1S/C4H11O3Si.Pt/c1-5-8(4,6-2)7-3;/h4H2,1-3H3;/q-1;+4. The smallest absolute Gasteiger partial charge is 0.397 e. The van der Waals surface area contributed by atoms with Crippen molar-refractivity contribution in [3.63, 3.8) is 0 Å². The molecule has 3 nitrogen and oxygen atoms in total. The molecule has 0 rings (SSSR count). The van der Waals surface area contributed by atoms with Crippen LogP contribution in [-0.2, 0) is 34.3 Å². The van der Waals surface area contributed by atoms with Crippen molar-refractivity contribution in [3.8, 4) is 0 Å². The normalized spacial score (nSPS) is 10.7. The van der Waals surface area contributed by atoms with E-state index < -0.39 is 8.80 Å². The van der Waals surface area contributed by atoms with Crippen LogP contribution in [0.5, 0.6) is 0 Å². The van der Waals surface area contributed by atoms with Gasteiger partial charge < -0.3 is 13.3 Å². The number of rotatable bonds is 3. The average molecular weight is 330 g/mol. The van der Waals surface area contributed by atoms with E-state index in [2.05, 4.69) is 6.55 Å². The third-order valence-corrected chi connectivity index (χ3v) is 2.80. The molecule has 9 heavy (non-hydrogen) atoms. The molecule has 0 spiro atoms. The molecule has 0 aromatic carbocycles. The van der Waals surface area contributed by atoms with Crippen molar-refractivity contribution in [1.82, 2.24) is 0 Å². The van der Waals surface area contributed by atoms with E-state index in [4.69, 9.17) is 13.3 Å². The van der Waals surface area contributed by atoms with Crippen LogP contribution >= 0.6 is 0 Å². The van der Waals surface area contributed by atoms with Crippen LogP contribution in [0.25, 0.3) is 0 Å². The SMILES string of the molecule is [CH2-][Si](OC)(OC)OC.[Pt+4]. The Labute approximate surface area is 71.3 Å². The van der Waals surface area contributed by atoms with Crippen molar-refractivity contribution in [2.75, 3.05) is 21.3 Å². The van der Waals surface area contributed by atoms with Crippen molar-refractivity contribution < 1.29 is 34.3 Å². The Kier molecular flexibility index (Phi) is 7.70. The minimum atomic E-state index is -2.42. The largest absolute Gasteiger partial charge is 4.00 e. The second kappa shape index (κ2) is 5.56. The van der Waals surface area contributed by atoms with Gasteiger partial charge >= 0.3 is 29.9 Å². The maximum atomic E-state index is 4.82. The fourth-order valence-corrected chi connectivity index (χ4v) is 0.750. The van der Waals surface area contributed by atoms with Crippen molar-refractivity contribution in [1.29, 1.82) is 0 Å². The van der Waals surface area contributed by atoms with E-state index in [1.54, 1.807) is 0 Å². The molecule has 0 atom stereocenters. The van der Waals surface area contributed by atoms with E-state index in [0.29, 0.717) is 0 Å². The zero-order valence-electron chi connectivity index (χ0n) is 5.75. The summed E-state index contributed by atoms with van der Waals surface area (Å²) in [5.41, 5.74) is 0. The minimum Gasteiger partial charge on any atom is -0.397 e. The number of hydrogen-bond acceptors (Lipinski definition) is 3. The Morgan fingerprint density at radius 2 is 1.22 bits per heavy atom. The Morgan fingerprint density at radius 1 is 1.00 bits per heavy atom. The van der Waals surface area contributed by atoms with Crippen LogP contribution in [0, 0.1) is 6.55 Å². The quantitative estimate of drug-likeness (QED) is 0.548. The second-order valence-corrected chi connectivity index (χ2v) is 3.89. The molecule has 0 aromatic rings. The van der Waals surface area contributed by atoms with Crippen molar-refractivity contribution in [2.24, 2.45) is 0 Å². The molecule has 0 radical (unpaired) electrons. The van der Waals surface area contributed by atoms with Gasteiger partial charge in [-0.3, -0.25) is 6.55 Å². The predicted molar refractivity (Wildman–Crippen MR) is 32.1 cm³/mol. The Hall–Kier alpha value is 0.785. The van der Waals surface area contributed by atoms with Gasteiger partial charge in [0.1, 0.15) is 0 Å². The first kappa shape index (κ1) is 12.5. The molecule has 0 aliphatic rings. The number of hydrogen-bond donors (Lipinski definition) is 0. The summed E-state index contributed by atoms with van der Waals surface area (Å²) in [6.07, 6.45) is 0. The molecule has 0 aromatic heterocycles. The molecule has 0 N–H and O–H groups in total. The molecule has 0 bridgehead atoms. The van der Waals surface area contributed by atoms with E-state index >= 15 is 0 Å². The van der Waals surface area contributed by atoms with Gasteiger partial charge in [0.15, 0.2) is 0 Å². The van der Waals surface area contributed by atoms with E-state index in [-0.39, 0.29) is 21.1 Å². The third kappa shape index (κ3) is 4.22. The third-order valence-electron chi connectivity index (χ3n) is 0.933. The van der Waals surface area contributed by atoms with Crippen molar-refractivity contribution >= 4 is 8.80 Å². The molecule has 5 heteroatoms. The van der Waals surface area contributed by atoms with E-state index in [1.807, 2.05) is 0 Å². The van der Waals surface area contributed by atoms with Crippen LogP contribution < -0.4 is 0 Å². The summed E-state index contributed by atoms with van der Waals surface area (Å²) in [4.78, 5) is 0. The molecule has 0 heterocycles. The summed E-state index contributed by atoms with van der Waals surface area (Å²) in [5.74, 6) is 0. The van der Waals surface area contributed by atoms with E-state index in [0.717, 1.165) is 0 Å². The first-order valence-electron chi connectivity index (χ1n) is 2.19. The van der Waals surface area contributed by atoms with Crippen LogP contribution in [0.4, 0.5) is 0 Å². The zero-order valence-corrected chi connectivity index (χ0v) is 9.02. The van der Waals surface area contributed by atoms with Gasteiger partial charge in [0, 0.05) is 21.3 Å². The van der Waals surface area contributed by atoms with E-state index in [1.165, 1.54) is 21.3 Å². The second-order valence-electron chi connectivity index (χ2n) is 1.30. The molecule has 0 fully saturated rings. The van der Waals surface area contributed by atoms with Crippen molar-refractivity contribution in [3.05, 3.63) is 6.55 Å². The van der Waals surface area contributed by atoms with Gasteiger partial charge in [-0.1, -0.05) is 0 Å². The monoisotopic (exact) mass is 330 g/mol. The molecule has 0 saturated carbocycles. The summed E-state index contributed by atoms with van der Waals surface area (Å²) in [5, 5.41) is 0. The van der Waals surface area contributed by atoms with Crippen LogP contribution in [0.2, 0.25) is 0 Å². The molecule has 0 saturated heterocycles. The van der Waals surface area contributed by atoms with Gasteiger partial charge in [0.05, 0.1) is 0 Å². The first-order chi connectivity index (χ1) is 3.68. The fraction of sp³-hybridized carbons (Fsp3) is 0.750. The first-order valence-corrected chi connectivity index (χ1v) is 4.12.